The normalized spacial score (nSPS) is 9.88. The van der Waals surface area contributed by atoms with Crippen molar-refractivity contribution in [3.8, 4) is 0 Å². The minimum absolute atomic E-state index is 0.411. The fraction of sp³-hybridized carbons (Fsp3) is 0.500. The Balaban J connectivity index is 2.54. The molecule has 0 aliphatic rings. The molecule has 5 nitrogen and oxygen atoms in total. The first-order valence-electron chi connectivity index (χ1n) is 5.21. The monoisotopic (exact) mass is 273 g/mol. The first-order valence-corrected chi connectivity index (χ1v) is 5.99. The molecule has 0 atom stereocenters. The van der Waals surface area contributed by atoms with Gasteiger partial charge in [-0.05, 0) is 25.2 Å². The summed E-state index contributed by atoms with van der Waals surface area (Å²) >= 11 is 11.0. The number of anilines is 1. The molecule has 0 radical (unpaired) electrons. The molecule has 0 aromatic carbocycles. The lowest BCUT2D eigenvalue weighted by molar-refractivity contribution is 0.808. The highest BCUT2D eigenvalue weighted by atomic mass is 35.5. The van der Waals surface area contributed by atoms with Crippen molar-refractivity contribution >= 4 is 34.6 Å². The van der Waals surface area contributed by atoms with Gasteiger partial charge in [-0.15, -0.1) is 5.10 Å². The van der Waals surface area contributed by atoms with Crippen molar-refractivity contribution in [1.29, 1.82) is 0 Å². The lowest BCUT2D eigenvalue weighted by Gasteiger charge is -2.20. The zero-order chi connectivity index (χ0) is 12.8. The molecular formula is C10H16ClN5S. The van der Waals surface area contributed by atoms with E-state index in [2.05, 4.69) is 20.8 Å². The number of likely N-dealkylation sites (N-methyl/N-ethyl adjacent to an activating group) is 1. The van der Waals surface area contributed by atoms with Crippen molar-refractivity contribution in [2.75, 3.05) is 32.1 Å². The van der Waals surface area contributed by atoms with Crippen molar-refractivity contribution in [2.45, 2.75) is 6.92 Å². The van der Waals surface area contributed by atoms with E-state index in [1.54, 1.807) is 7.05 Å². The molecule has 0 unspecified atom stereocenters. The molecule has 0 amide bonds. The number of rotatable bonds is 4. The Labute approximate surface area is 112 Å². The first-order chi connectivity index (χ1) is 8.04. The highest BCUT2D eigenvalue weighted by Gasteiger charge is 2.08. The number of nitrogens with one attached hydrogen (secondary N) is 2. The second-order valence-electron chi connectivity index (χ2n) is 3.59. The Morgan fingerprint density at radius 1 is 1.53 bits per heavy atom. The Kier molecular flexibility index (Phi) is 5.37. The summed E-state index contributed by atoms with van der Waals surface area (Å²) in [5.74, 6) is 0. The van der Waals surface area contributed by atoms with Crippen LogP contribution in [0.15, 0.2) is 6.07 Å². The van der Waals surface area contributed by atoms with Crippen LogP contribution < -0.4 is 15.5 Å². The van der Waals surface area contributed by atoms with Crippen molar-refractivity contribution in [3.63, 3.8) is 0 Å². The largest absolute Gasteiger partial charge is 0.370 e. The molecule has 0 aliphatic heterocycles. The number of aromatic nitrogens is 2. The van der Waals surface area contributed by atoms with Gasteiger partial charge < -0.3 is 15.5 Å². The van der Waals surface area contributed by atoms with Gasteiger partial charge in [0.05, 0.1) is 11.4 Å². The van der Waals surface area contributed by atoms with Crippen molar-refractivity contribution in [2.24, 2.45) is 0 Å². The molecule has 1 heterocycles. The molecule has 17 heavy (non-hydrogen) atoms. The average Bonchev–Trinajstić information content (AvgIpc) is 2.31. The molecule has 0 saturated carbocycles. The highest BCUT2D eigenvalue weighted by Crippen LogP contribution is 2.21. The van der Waals surface area contributed by atoms with Crippen LogP contribution in [-0.4, -0.2) is 42.5 Å². The molecule has 7 heteroatoms. The maximum absolute atomic E-state index is 5.99. The van der Waals surface area contributed by atoms with Gasteiger partial charge in [0, 0.05) is 27.2 Å². The van der Waals surface area contributed by atoms with E-state index in [0.29, 0.717) is 10.3 Å². The summed E-state index contributed by atoms with van der Waals surface area (Å²) in [4.78, 5) is 2.01. The summed E-state index contributed by atoms with van der Waals surface area (Å²) in [5.41, 5.74) is 1.71. The maximum atomic E-state index is 5.99. The van der Waals surface area contributed by atoms with E-state index in [1.807, 2.05) is 24.9 Å². The van der Waals surface area contributed by atoms with Gasteiger partial charge in [0.25, 0.3) is 0 Å². The summed E-state index contributed by atoms with van der Waals surface area (Å²) in [6.07, 6.45) is 0. The molecule has 0 saturated heterocycles. The molecule has 2 N–H and O–H groups in total. The first kappa shape index (κ1) is 13.9. The second-order valence-corrected chi connectivity index (χ2v) is 4.36. The third kappa shape index (κ3) is 4.32. The Morgan fingerprint density at radius 3 is 2.88 bits per heavy atom. The van der Waals surface area contributed by atoms with Crippen LogP contribution in [0, 0.1) is 6.92 Å². The Hall–Kier alpha value is -1.14. The summed E-state index contributed by atoms with van der Waals surface area (Å²) in [6, 6.07) is 1.91. The van der Waals surface area contributed by atoms with E-state index in [4.69, 9.17) is 23.8 Å². The van der Waals surface area contributed by atoms with Crippen LogP contribution in [-0.2, 0) is 0 Å². The van der Waals surface area contributed by atoms with Gasteiger partial charge in [-0.1, -0.05) is 11.6 Å². The van der Waals surface area contributed by atoms with Gasteiger partial charge in [-0.25, -0.2) is 0 Å². The number of thiocarbonyl (C=S) groups is 1. The SMILES string of the molecule is CNC(=S)NCCN(C)c1cc(C)nnc1Cl. The molecule has 0 spiro atoms. The second kappa shape index (κ2) is 6.56. The van der Waals surface area contributed by atoms with Gasteiger partial charge in [0.15, 0.2) is 10.3 Å². The van der Waals surface area contributed by atoms with Gasteiger partial charge in [0.2, 0.25) is 0 Å². The predicted octanol–water partition coefficient (Wildman–Crippen LogP) is 0.969. The number of hydrogen-bond donors (Lipinski definition) is 2. The van der Waals surface area contributed by atoms with Crippen molar-refractivity contribution in [3.05, 3.63) is 16.9 Å². The number of hydrogen-bond acceptors (Lipinski definition) is 4. The predicted molar refractivity (Wildman–Crippen MR) is 74.7 cm³/mol. The summed E-state index contributed by atoms with van der Waals surface area (Å²) in [7, 11) is 3.73. The van der Waals surface area contributed by atoms with E-state index in [0.717, 1.165) is 24.5 Å². The molecule has 94 valence electrons. The molecule has 1 aromatic heterocycles. The van der Waals surface area contributed by atoms with Gasteiger partial charge >= 0.3 is 0 Å². The topological polar surface area (TPSA) is 53.1 Å². The van der Waals surface area contributed by atoms with Gasteiger partial charge in [-0.2, -0.15) is 5.10 Å². The van der Waals surface area contributed by atoms with Crippen LogP contribution in [0.5, 0.6) is 0 Å². The van der Waals surface area contributed by atoms with Crippen LogP contribution in [0.25, 0.3) is 0 Å². The molecule has 0 aliphatic carbocycles. The van der Waals surface area contributed by atoms with Gasteiger partial charge in [-0.3, -0.25) is 0 Å². The average molecular weight is 274 g/mol. The number of aryl methyl sites for hydroxylation is 1. The summed E-state index contributed by atoms with van der Waals surface area (Å²) in [6.45, 7) is 3.38. The van der Waals surface area contributed by atoms with Crippen LogP contribution in [0.2, 0.25) is 5.15 Å². The van der Waals surface area contributed by atoms with E-state index in [-0.39, 0.29) is 0 Å². The minimum Gasteiger partial charge on any atom is -0.370 e. The van der Waals surface area contributed by atoms with E-state index in [1.165, 1.54) is 0 Å². The van der Waals surface area contributed by atoms with E-state index < -0.39 is 0 Å². The van der Waals surface area contributed by atoms with E-state index >= 15 is 0 Å². The molecular weight excluding hydrogens is 258 g/mol. The zero-order valence-electron chi connectivity index (χ0n) is 10.1. The third-order valence-corrected chi connectivity index (χ3v) is 2.84. The van der Waals surface area contributed by atoms with Crippen molar-refractivity contribution in [1.82, 2.24) is 20.8 Å². The molecule has 0 fully saturated rings. The fourth-order valence-electron chi connectivity index (χ4n) is 1.27. The third-order valence-electron chi connectivity index (χ3n) is 2.22. The molecule has 0 bridgehead atoms. The number of nitrogens with zero attached hydrogens (tertiary/aromatic N) is 3. The lowest BCUT2D eigenvalue weighted by atomic mass is 10.3. The van der Waals surface area contributed by atoms with Crippen LogP contribution >= 0.6 is 23.8 Å². The Morgan fingerprint density at radius 2 is 2.24 bits per heavy atom. The van der Waals surface area contributed by atoms with Crippen LogP contribution in [0.3, 0.4) is 0 Å². The zero-order valence-corrected chi connectivity index (χ0v) is 11.7. The highest BCUT2D eigenvalue weighted by molar-refractivity contribution is 7.80. The lowest BCUT2D eigenvalue weighted by Crippen LogP contribution is -2.37. The van der Waals surface area contributed by atoms with E-state index in [9.17, 15) is 0 Å². The standard InChI is InChI=1S/C10H16ClN5S/c1-7-6-8(9(11)15-14-7)16(3)5-4-13-10(17)12-2/h6H,4-5H2,1-3H3,(H2,12,13,17). The quantitative estimate of drug-likeness (QED) is 0.798. The maximum Gasteiger partial charge on any atom is 0.174 e. The Bertz CT molecular complexity index is 398. The summed E-state index contributed by atoms with van der Waals surface area (Å²) in [5, 5.41) is 14.7. The minimum atomic E-state index is 0.411. The molecule has 1 aromatic rings. The molecule has 1 rings (SSSR count). The van der Waals surface area contributed by atoms with Gasteiger partial charge in [0.1, 0.15) is 0 Å². The van der Waals surface area contributed by atoms with Crippen LogP contribution in [0.1, 0.15) is 5.69 Å². The number of halogens is 1. The fourth-order valence-corrected chi connectivity index (χ4v) is 1.61. The van der Waals surface area contributed by atoms with Crippen molar-refractivity contribution < 1.29 is 0 Å². The van der Waals surface area contributed by atoms with Crippen LogP contribution in [0.4, 0.5) is 5.69 Å². The summed E-state index contributed by atoms with van der Waals surface area (Å²) < 4.78 is 0. The smallest absolute Gasteiger partial charge is 0.174 e.